The maximum absolute atomic E-state index is 6.23. The van der Waals surface area contributed by atoms with Crippen LogP contribution in [0.4, 0.5) is 0 Å². The van der Waals surface area contributed by atoms with Crippen molar-refractivity contribution >= 4 is 27.3 Å². The predicted molar refractivity (Wildman–Crippen MR) is 77.1 cm³/mol. The summed E-state index contributed by atoms with van der Waals surface area (Å²) in [6, 6.07) is 12.9. The molecule has 0 saturated heterocycles. The highest BCUT2D eigenvalue weighted by molar-refractivity contribution is 9.10. The number of hydrogen-bond donors (Lipinski definition) is 1. The van der Waals surface area contributed by atoms with Crippen molar-refractivity contribution in [3.8, 4) is 10.4 Å². The van der Waals surface area contributed by atoms with Crippen molar-refractivity contribution < 1.29 is 0 Å². The molecular weight excluding hydrogens is 294 g/mol. The third-order valence-electron chi connectivity index (χ3n) is 3.22. The molecule has 0 bridgehead atoms. The van der Waals surface area contributed by atoms with E-state index in [0.29, 0.717) is 0 Å². The third-order valence-corrected chi connectivity index (χ3v) is 5.14. The lowest BCUT2D eigenvalue weighted by molar-refractivity contribution is 0.645. The van der Waals surface area contributed by atoms with E-state index >= 15 is 0 Å². The number of thiophene rings is 1. The van der Waals surface area contributed by atoms with Crippen molar-refractivity contribution in [2.24, 2.45) is 11.7 Å². The molecule has 1 heterocycles. The number of halogens is 1. The first-order valence-corrected chi connectivity index (χ1v) is 7.47. The zero-order valence-corrected chi connectivity index (χ0v) is 11.8. The van der Waals surface area contributed by atoms with Crippen molar-refractivity contribution in [2.75, 3.05) is 0 Å². The molecule has 1 fully saturated rings. The van der Waals surface area contributed by atoms with Crippen LogP contribution in [0.25, 0.3) is 10.4 Å². The van der Waals surface area contributed by atoms with E-state index in [-0.39, 0.29) is 6.04 Å². The summed E-state index contributed by atoms with van der Waals surface area (Å²) in [6.07, 6.45) is 2.59. The van der Waals surface area contributed by atoms with E-state index in [2.05, 4.69) is 46.3 Å². The molecular formula is C14H14BrNS. The standard InChI is InChI=1S/C14H14BrNS/c15-11-4-2-1-3-10(11)12-7-8-13(17-12)14(16)9-5-6-9/h1-4,7-9,14H,5-6,16H2. The molecule has 0 spiro atoms. The minimum Gasteiger partial charge on any atom is -0.323 e. The van der Waals surface area contributed by atoms with Crippen LogP contribution >= 0.6 is 27.3 Å². The fourth-order valence-electron chi connectivity index (χ4n) is 2.03. The van der Waals surface area contributed by atoms with Crippen LogP contribution in [-0.2, 0) is 0 Å². The van der Waals surface area contributed by atoms with Crippen LogP contribution < -0.4 is 5.73 Å². The SMILES string of the molecule is NC(c1ccc(-c2ccccc2Br)s1)C1CC1. The smallest absolute Gasteiger partial charge is 0.0418 e. The van der Waals surface area contributed by atoms with Gasteiger partial charge in [-0.15, -0.1) is 11.3 Å². The van der Waals surface area contributed by atoms with E-state index in [1.807, 2.05) is 17.4 Å². The molecule has 2 N–H and O–H groups in total. The molecule has 1 aromatic heterocycles. The van der Waals surface area contributed by atoms with Crippen molar-refractivity contribution in [1.82, 2.24) is 0 Å². The van der Waals surface area contributed by atoms with Crippen molar-refractivity contribution in [3.05, 3.63) is 45.7 Å². The normalized spacial score (nSPS) is 17.1. The zero-order valence-electron chi connectivity index (χ0n) is 9.40. The highest BCUT2D eigenvalue weighted by Crippen LogP contribution is 2.43. The van der Waals surface area contributed by atoms with E-state index in [4.69, 9.17) is 5.73 Å². The average molecular weight is 308 g/mol. The van der Waals surface area contributed by atoms with Gasteiger partial charge in [-0.3, -0.25) is 0 Å². The van der Waals surface area contributed by atoms with Gasteiger partial charge in [0.15, 0.2) is 0 Å². The molecule has 0 aliphatic heterocycles. The zero-order chi connectivity index (χ0) is 11.8. The van der Waals surface area contributed by atoms with Gasteiger partial charge < -0.3 is 5.73 Å². The van der Waals surface area contributed by atoms with Crippen molar-refractivity contribution in [1.29, 1.82) is 0 Å². The number of rotatable bonds is 3. The Bertz CT molecular complexity index is 531. The Labute approximate surface area is 114 Å². The van der Waals surface area contributed by atoms with E-state index < -0.39 is 0 Å². The summed E-state index contributed by atoms with van der Waals surface area (Å²) in [5.74, 6) is 0.723. The van der Waals surface area contributed by atoms with Gasteiger partial charge in [-0.1, -0.05) is 34.1 Å². The first-order valence-electron chi connectivity index (χ1n) is 5.86. The lowest BCUT2D eigenvalue weighted by atomic mass is 10.1. The van der Waals surface area contributed by atoms with Gasteiger partial charge in [-0.2, -0.15) is 0 Å². The molecule has 1 nitrogen and oxygen atoms in total. The summed E-state index contributed by atoms with van der Waals surface area (Å²) >= 11 is 5.42. The van der Waals surface area contributed by atoms with Crippen LogP contribution in [-0.4, -0.2) is 0 Å². The van der Waals surface area contributed by atoms with Crippen LogP contribution in [0, 0.1) is 5.92 Å². The second-order valence-corrected chi connectivity index (χ2v) is 6.51. The lowest BCUT2D eigenvalue weighted by Crippen LogP contribution is -2.10. The van der Waals surface area contributed by atoms with Crippen LogP contribution in [0.3, 0.4) is 0 Å². The quantitative estimate of drug-likeness (QED) is 0.882. The van der Waals surface area contributed by atoms with E-state index in [1.54, 1.807) is 0 Å². The minimum atomic E-state index is 0.247. The molecule has 2 aromatic rings. The summed E-state index contributed by atoms with van der Waals surface area (Å²) in [7, 11) is 0. The van der Waals surface area contributed by atoms with E-state index in [9.17, 15) is 0 Å². The van der Waals surface area contributed by atoms with Gasteiger partial charge in [0.2, 0.25) is 0 Å². The Morgan fingerprint density at radius 1 is 1.18 bits per heavy atom. The largest absolute Gasteiger partial charge is 0.323 e. The summed E-state index contributed by atoms with van der Waals surface area (Å²) in [5.41, 5.74) is 7.48. The Balaban J connectivity index is 1.92. The molecule has 17 heavy (non-hydrogen) atoms. The monoisotopic (exact) mass is 307 g/mol. The predicted octanol–water partition coefficient (Wildman–Crippen LogP) is 4.59. The van der Waals surface area contributed by atoms with Crippen molar-refractivity contribution in [2.45, 2.75) is 18.9 Å². The summed E-state index contributed by atoms with van der Waals surface area (Å²) in [5, 5.41) is 0. The molecule has 1 atom stereocenters. The Kier molecular flexibility index (Phi) is 3.07. The molecule has 1 saturated carbocycles. The fourth-order valence-corrected chi connectivity index (χ4v) is 3.80. The number of benzene rings is 1. The van der Waals surface area contributed by atoms with E-state index in [0.717, 1.165) is 10.4 Å². The maximum Gasteiger partial charge on any atom is 0.0418 e. The first kappa shape index (κ1) is 11.5. The van der Waals surface area contributed by atoms with Gasteiger partial charge in [0.25, 0.3) is 0 Å². The number of hydrogen-bond acceptors (Lipinski definition) is 2. The average Bonchev–Trinajstić information content (AvgIpc) is 3.07. The molecule has 1 aliphatic carbocycles. The highest BCUT2D eigenvalue weighted by atomic mass is 79.9. The topological polar surface area (TPSA) is 26.0 Å². The lowest BCUT2D eigenvalue weighted by Gasteiger charge is -2.06. The van der Waals surface area contributed by atoms with Gasteiger partial charge >= 0.3 is 0 Å². The number of nitrogens with two attached hydrogens (primary N) is 1. The molecule has 3 heteroatoms. The minimum absolute atomic E-state index is 0.247. The van der Waals surface area contributed by atoms with Crippen LogP contribution in [0.1, 0.15) is 23.8 Å². The van der Waals surface area contributed by atoms with Gasteiger partial charge in [0.05, 0.1) is 0 Å². The molecule has 88 valence electrons. The van der Waals surface area contributed by atoms with Gasteiger partial charge in [0.1, 0.15) is 0 Å². The Morgan fingerprint density at radius 2 is 1.94 bits per heavy atom. The van der Waals surface area contributed by atoms with Crippen LogP contribution in [0.15, 0.2) is 40.9 Å². The fraction of sp³-hybridized carbons (Fsp3) is 0.286. The third kappa shape index (κ3) is 2.32. The summed E-state index contributed by atoms with van der Waals surface area (Å²) in [6.45, 7) is 0. The molecule has 1 aromatic carbocycles. The summed E-state index contributed by atoms with van der Waals surface area (Å²) < 4.78 is 1.15. The highest BCUT2D eigenvalue weighted by Gasteiger charge is 2.30. The molecule has 3 rings (SSSR count). The Hall–Kier alpha value is -0.640. The summed E-state index contributed by atoms with van der Waals surface area (Å²) in [4.78, 5) is 2.61. The second-order valence-electron chi connectivity index (χ2n) is 4.55. The van der Waals surface area contributed by atoms with Gasteiger partial charge in [-0.25, -0.2) is 0 Å². The molecule has 1 aliphatic rings. The van der Waals surface area contributed by atoms with Crippen LogP contribution in [0.5, 0.6) is 0 Å². The maximum atomic E-state index is 6.23. The van der Waals surface area contributed by atoms with Crippen LogP contribution in [0.2, 0.25) is 0 Å². The molecule has 1 unspecified atom stereocenters. The van der Waals surface area contributed by atoms with Gasteiger partial charge in [-0.05, 0) is 37.0 Å². The Morgan fingerprint density at radius 3 is 2.65 bits per heavy atom. The molecule has 0 radical (unpaired) electrons. The van der Waals surface area contributed by atoms with Crippen molar-refractivity contribution in [3.63, 3.8) is 0 Å². The second kappa shape index (κ2) is 4.56. The van der Waals surface area contributed by atoms with E-state index in [1.165, 1.54) is 28.2 Å². The molecule has 0 amide bonds. The van der Waals surface area contributed by atoms with Gasteiger partial charge in [0, 0.05) is 25.8 Å². The first-order chi connectivity index (χ1) is 8.25.